The highest BCUT2D eigenvalue weighted by atomic mass is 16.5. The maximum Gasteiger partial charge on any atom is 0.328 e. The number of hydrogen-bond donors (Lipinski definition) is 4. The number of hydrogen-bond acceptors (Lipinski definition) is 8. The van der Waals surface area contributed by atoms with E-state index in [0.717, 1.165) is 12.8 Å². The van der Waals surface area contributed by atoms with E-state index in [1.54, 1.807) is 0 Å². The lowest BCUT2D eigenvalue weighted by Gasteiger charge is -2.21. The number of carbonyl (C=O) groups excluding carboxylic acids is 3. The van der Waals surface area contributed by atoms with Crippen LogP contribution in [-0.2, 0) is 28.6 Å². The SMILES string of the molecule is COC(=O)[C@@H]1CCOCCCCOC[C@H](N)C(=O)N[C@@H](N)C(=O)N1. The Labute approximate surface area is 140 Å². The first-order valence-corrected chi connectivity index (χ1v) is 7.81. The molecule has 1 aliphatic heterocycles. The lowest BCUT2D eigenvalue weighted by molar-refractivity contribution is -0.146. The standard InChI is InChI=1S/C14H26N4O6/c1-22-14(21)10-4-7-23-5-2-3-6-24-8-9(15)12(19)18-11(16)13(20)17-10/h9-11H,2-8,15-16H2,1H3,(H,17,20)(H,18,19)/t9-,10-,11+/m0/s1. The molecule has 0 saturated carbocycles. The minimum Gasteiger partial charge on any atom is -0.467 e. The summed E-state index contributed by atoms with van der Waals surface area (Å²) in [5.41, 5.74) is 11.3. The fourth-order valence-electron chi connectivity index (χ4n) is 1.98. The van der Waals surface area contributed by atoms with Crippen LogP contribution >= 0.6 is 0 Å². The van der Waals surface area contributed by atoms with Crippen LogP contribution < -0.4 is 22.1 Å². The molecule has 0 unspecified atom stereocenters. The Morgan fingerprint density at radius 1 is 1.08 bits per heavy atom. The van der Waals surface area contributed by atoms with E-state index in [1.807, 2.05) is 0 Å². The van der Waals surface area contributed by atoms with Gasteiger partial charge in [0.1, 0.15) is 12.1 Å². The van der Waals surface area contributed by atoms with Gasteiger partial charge < -0.3 is 36.3 Å². The van der Waals surface area contributed by atoms with Crippen molar-refractivity contribution in [1.82, 2.24) is 10.6 Å². The molecule has 1 fully saturated rings. The first kappa shape index (κ1) is 20.3. The molecule has 2 amide bonds. The summed E-state index contributed by atoms with van der Waals surface area (Å²) in [6.07, 6.45) is 0.409. The lowest BCUT2D eigenvalue weighted by atomic mass is 10.2. The first-order valence-electron chi connectivity index (χ1n) is 7.81. The van der Waals surface area contributed by atoms with Gasteiger partial charge in [0.2, 0.25) is 5.91 Å². The van der Waals surface area contributed by atoms with E-state index in [9.17, 15) is 14.4 Å². The number of nitrogens with two attached hydrogens (primary N) is 2. The molecule has 10 heteroatoms. The third-order valence-electron chi connectivity index (χ3n) is 3.39. The fourth-order valence-corrected chi connectivity index (χ4v) is 1.98. The predicted octanol–water partition coefficient (Wildman–Crippen LogP) is -2.41. The Bertz CT molecular complexity index is 433. The molecule has 0 aromatic rings. The van der Waals surface area contributed by atoms with Gasteiger partial charge in [-0.1, -0.05) is 0 Å². The first-order chi connectivity index (χ1) is 11.5. The number of esters is 1. The maximum atomic E-state index is 12.0. The molecule has 24 heavy (non-hydrogen) atoms. The number of nitrogens with one attached hydrogen (secondary N) is 2. The Balaban J connectivity index is 2.70. The van der Waals surface area contributed by atoms with Crippen molar-refractivity contribution in [3.05, 3.63) is 0 Å². The van der Waals surface area contributed by atoms with Crippen LogP contribution in [0.1, 0.15) is 19.3 Å². The summed E-state index contributed by atoms with van der Waals surface area (Å²) in [7, 11) is 1.22. The van der Waals surface area contributed by atoms with Crippen LogP contribution in [0, 0.1) is 0 Å². The van der Waals surface area contributed by atoms with Crippen molar-refractivity contribution in [3.63, 3.8) is 0 Å². The normalized spacial score (nSPS) is 28.5. The van der Waals surface area contributed by atoms with Crippen molar-refractivity contribution in [2.24, 2.45) is 11.5 Å². The average Bonchev–Trinajstić information content (AvgIpc) is 2.56. The van der Waals surface area contributed by atoms with Gasteiger partial charge in [0.25, 0.3) is 5.91 Å². The second kappa shape index (κ2) is 10.9. The van der Waals surface area contributed by atoms with Crippen molar-refractivity contribution in [1.29, 1.82) is 0 Å². The molecule has 0 radical (unpaired) electrons. The maximum absolute atomic E-state index is 12.0. The molecule has 0 aliphatic carbocycles. The molecular formula is C14H26N4O6. The van der Waals surface area contributed by atoms with Gasteiger partial charge in [-0.25, -0.2) is 4.79 Å². The van der Waals surface area contributed by atoms with Crippen LogP contribution in [0.3, 0.4) is 0 Å². The number of amides is 2. The van der Waals surface area contributed by atoms with Crippen molar-refractivity contribution in [2.45, 2.75) is 37.5 Å². The highest BCUT2D eigenvalue weighted by Gasteiger charge is 2.26. The summed E-state index contributed by atoms with van der Waals surface area (Å²) in [5.74, 6) is -1.95. The molecule has 0 bridgehead atoms. The minimum atomic E-state index is -1.34. The van der Waals surface area contributed by atoms with Crippen LogP contribution in [0.15, 0.2) is 0 Å². The molecule has 10 nitrogen and oxygen atoms in total. The van der Waals surface area contributed by atoms with E-state index < -0.39 is 36.0 Å². The van der Waals surface area contributed by atoms with E-state index in [0.29, 0.717) is 13.2 Å². The van der Waals surface area contributed by atoms with Crippen LogP contribution in [0.2, 0.25) is 0 Å². The van der Waals surface area contributed by atoms with Crippen molar-refractivity contribution in [2.75, 3.05) is 33.5 Å². The average molecular weight is 346 g/mol. The molecule has 0 aromatic carbocycles. The number of ether oxygens (including phenoxy) is 3. The van der Waals surface area contributed by atoms with Gasteiger partial charge in [0.15, 0.2) is 6.17 Å². The highest BCUT2D eigenvalue weighted by Crippen LogP contribution is 2.00. The Morgan fingerprint density at radius 2 is 1.75 bits per heavy atom. The van der Waals surface area contributed by atoms with Gasteiger partial charge in [-0.3, -0.25) is 9.59 Å². The van der Waals surface area contributed by atoms with Gasteiger partial charge >= 0.3 is 5.97 Å². The fraction of sp³-hybridized carbons (Fsp3) is 0.786. The van der Waals surface area contributed by atoms with E-state index in [1.165, 1.54) is 7.11 Å². The predicted molar refractivity (Wildman–Crippen MR) is 83.5 cm³/mol. The van der Waals surface area contributed by atoms with Crippen LogP contribution in [-0.4, -0.2) is 69.6 Å². The molecule has 3 atom stereocenters. The van der Waals surface area contributed by atoms with Gasteiger partial charge in [0.05, 0.1) is 13.7 Å². The van der Waals surface area contributed by atoms with Gasteiger partial charge in [-0.05, 0) is 12.8 Å². The molecule has 6 N–H and O–H groups in total. The zero-order valence-corrected chi connectivity index (χ0v) is 13.8. The van der Waals surface area contributed by atoms with Crippen LogP contribution in [0.5, 0.6) is 0 Å². The second-order valence-electron chi connectivity index (χ2n) is 5.36. The largest absolute Gasteiger partial charge is 0.467 e. The van der Waals surface area contributed by atoms with Crippen molar-refractivity contribution < 1.29 is 28.6 Å². The lowest BCUT2D eigenvalue weighted by Crippen LogP contribution is -2.59. The molecular weight excluding hydrogens is 320 g/mol. The van der Waals surface area contributed by atoms with E-state index in [-0.39, 0.29) is 19.6 Å². The number of carbonyl (C=O) groups is 3. The van der Waals surface area contributed by atoms with Crippen molar-refractivity contribution >= 4 is 17.8 Å². The zero-order chi connectivity index (χ0) is 17.9. The second-order valence-corrected chi connectivity index (χ2v) is 5.36. The molecule has 138 valence electrons. The molecule has 0 spiro atoms. The summed E-state index contributed by atoms with van der Waals surface area (Å²) >= 11 is 0. The quantitative estimate of drug-likeness (QED) is 0.383. The molecule has 1 saturated heterocycles. The third kappa shape index (κ3) is 7.21. The molecule has 1 heterocycles. The summed E-state index contributed by atoms with van der Waals surface area (Å²) in [6.45, 7) is 1.23. The minimum absolute atomic E-state index is 0.0197. The Kier molecular flexibility index (Phi) is 9.23. The Hall–Kier alpha value is -1.75. The third-order valence-corrected chi connectivity index (χ3v) is 3.39. The number of rotatable bonds is 1. The highest BCUT2D eigenvalue weighted by molar-refractivity contribution is 5.91. The summed E-state index contributed by atoms with van der Waals surface area (Å²) in [6, 6.07) is -1.85. The van der Waals surface area contributed by atoms with Crippen LogP contribution in [0.4, 0.5) is 0 Å². The van der Waals surface area contributed by atoms with Gasteiger partial charge in [0, 0.05) is 26.2 Å². The van der Waals surface area contributed by atoms with E-state index >= 15 is 0 Å². The van der Waals surface area contributed by atoms with E-state index in [2.05, 4.69) is 15.4 Å². The van der Waals surface area contributed by atoms with Gasteiger partial charge in [-0.2, -0.15) is 0 Å². The van der Waals surface area contributed by atoms with Crippen molar-refractivity contribution in [3.8, 4) is 0 Å². The summed E-state index contributed by atoms with van der Waals surface area (Å²) in [4.78, 5) is 35.6. The Morgan fingerprint density at radius 3 is 2.42 bits per heavy atom. The van der Waals surface area contributed by atoms with Crippen LogP contribution in [0.25, 0.3) is 0 Å². The number of methoxy groups -OCH3 is 1. The summed E-state index contributed by atoms with van der Waals surface area (Å²) < 4.78 is 15.4. The summed E-state index contributed by atoms with van der Waals surface area (Å²) in [5, 5.41) is 4.71. The monoisotopic (exact) mass is 346 g/mol. The van der Waals surface area contributed by atoms with Gasteiger partial charge in [-0.15, -0.1) is 0 Å². The topological polar surface area (TPSA) is 155 Å². The van der Waals surface area contributed by atoms with E-state index in [4.69, 9.17) is 20.9 Å². The molecule has 0 aromatic heterocycles. The molecule has 1 rings (SSSR count). The zero-order valence-electron chi connectivity index (χ0n) is 13.8. The molecule has 1 aliphatic rings. The smallest absolute Gasteiger partial charge is 0.328 e.